The SMILES string of the molecule is CC(=O)Nc1ccc(NC2CC(c3ccc(O)c(C)c3)NN2)c(C)c1. The van der Waals surface area contributed by atoms with Crippen molar-refractivity contribution in [1.29, 1.82) is 0 Å². The van der Waals surface area contributed by atoms with Crippen LogP contribution in [0.1, 0.15) is 36.1 Å². The molecule has 2 atom stereocenters. The summed E-state index contributed by atoms with van der Waals surface area (Å²) in [5.41, 5.74) is 11.5. The zero-order valence-corrected chi connectivity index (χ0v) is 14.7. The minimum atomic E-state index is -0.0752. The van der Waals surface area contributed by atoms with Gasteiger partial charge < -0.3 is 15.7 Å². The molecule has 1 amide bonds. The van der Waals surface area contributed by atoms with Gasteiger partial charge in [-0.1, -0.05) is 12.1 Å². The van der Waals surface area contributed by atoms with Crippen LogP contribution in [-0.4, -0.2) is 17.2 Å². The highest BCUT2D eigenvalue weighted by atomic mass is 16.3. The molecule has 1 aliphatic rings. The van der Waals surface area contributed by atoms with E-state index in [1.807, 2.05) is 44.2 Å². The molecular weight excluding hydrogens is 316 g/mol. The van der Waals surface area contributed by atoms with E-state index in [2.05, 4.69) is 21.5 Å². The molecule has 1 heterocycles. The van der Waals surface area contributed by atoms with Gasteiger partial charge in [-0.15, -0.1) is 0 Å². The van der Waals surface area contributed by atoms with Gasteiger partial charge in [-0.2, -0.15) is 0 Å². The number of hydrogen-bond acceptors (Lipinski definition) is 5. The third kappa shape index (κ3) is 4.10. The molecule has 0 aliphatic carbocycles. The van der Waals surface area contributed by atoms with E-state index in [0.29, 0.717) is 5.75 Å². The number of hydrogen-bond donors (Lipinski definition) is 5. The number of carbonyl (C=O) groups is 1. The lowest BCUT2D eigenvalue weighted by atomic mass is 10.0. The lowest BCUT2D eigenvalue weighted by Crippen LogP contribution is -2.36. The predicted molar refractivity (Wildman–Crippen MR) is 99.4 cm³/mol. The number of anilines is 2. The van der Waals surface area contributed by atoms with Gasteiger partial charge in [0.25, 0.3) is 0 Å². The molecule has 0 spiro atoms. The van der Waals surface area contributed by atoms with Gasteiger partial charge in [-0.05, 0) is 54.8 Å². The molecule has 2 unspecified atom stereocenters. The molecule has 0 radical (unpaired) electrons. The Kier molecular flexibility index (Phi) is 4.92. The fourth-order valence-electron chi connectivity index (χ4n) is 3.06. The van der Waals surface area contributed by atoms with Crippen molar-refractivity contribution in [2.45, 2.75) is 39.4 Å². The van der Waals surface area contributed by atoms with Crippen LogP contribution in [0, 0.1) is 13.8 Å². The van der Waals surface area contributed by atoms with Crippen LogP contribution in [-0.2, 0) is 4.79 Å². The third-order valence-electron chi connectivity index (χ3n) is 4.40. The summed E-state index contributed by atoms with van der Waals surface area (Å²) in [5.74, 6) is 0.244. The molecule has 2 aromatic carbocycles. The number of amides is 1. The van der Waals surface area contributed by atoms with Crippen LogP contribution in [0.4, 0.5) is 11.4 Å². The van der Waals surface area contributed by atoms with Crippen molar-refractivity contribution in [2.75, 3.05) is 10.6 Å². The first-order chi connectivity index (χ1) is 11.9. The van der Waals surface area contributed by atoms with E-state index in [-0.39, 0.29) is 18.1 Å². The molecule has 0 saturated carbocycles. The van der Waals surface area contributed by atoms with Crippen molar-refractivity contribution in [3.8, 4) is 5.75 Å². The molecule has 1 aliphatic heterocycles. The fourth-order valence-corrected chi connectivity index (χ4v) is 3.06. The number of aromatic hydroxyl groups is 1. The Labute approximate surface area is 147 Å². The minimum Gasteiger partial charge on any atom is -0.508 e. The van der Waals surface area contributed by atoms with E-state index < -0.39 is 0 Å². The quantitative estimate of drug-likeness (QED) is 0.591. The van der Waals surface area contributed by atoms with Crippen molar-refractivity contribution in [1.82, 2.24) is 10.9 Å². The highest BCUT2D eigenvalue weighted by Gasteiger charge is 2.25. The van der Waals surface area contributed by atoms with Crippen LogP contribution in [0.2, 0.25) is 0 Å². The summed E-state index contributed by atoms with van der Waals surface area (Å²) in [6, 6.07) is 11.7. The van der Waals surface area contributed by atoms with Crippen molar-refractivity contribution in [2.24, 2.45) is 0 Å². The molecule has 132 valence electrons. The van der Waals surface area contributed by atoms with Crippen LogP contribution in [0.3, 0.4) is 0 Å². The lowest BCUT2D eigenvalue weighted by molar-refractivity contribution is -0.114. The normalized spacial score (nSPS) is 19.6. The van der Waals surface area contributed by atoms with Crippen LogP contribution >= 0.6 is 0 Å². The zero-order valence-electron chi connectivity index (χ0n) is 14.7. The molecular formula is C19H24N4O2. The number of phenols is 1. The Morgan fingerprint density at radius 3 is 2.60 bits per heavy atom. The molecule has 6 heteroatoms. The molecule has 0 aromatic heterocycles. The summed E-state index contributed by atoms with van der Waals surface area (Å²) in [6.45, 7) is 5.41. The average molecular weight is 340 g/mol. The second-order valence-electron chi connectivity index (χ2n) is 6.53. The number of rotatable bonds is 4. The van der Waals surface area contributed by atoms with Crippen LogP contribution in [0.15, 0.2) is 36.4 Å². The maximum atomic E-state index is 11.1. The van der Waals surface area contributed by atoms with E-state index in [0.717, 1.165) is 34.5 Å². The van der Waals surface area contributed by atoms with Crippen LogP contribution in [0.5, 0.6) is 5.75 Å². The van der Waals surface area contributed by atoms with Crippen molar-refractivity contribution >= 4 is 17.3 Å². The van der Waals surface area contributed by atoms with Crippen LogP contribution in [0.25, 0.3) is 0 Å². The fraction of sp³-hybridized carbons (Fsp3) is 0.316. The predicted octanol–water partition coefficient (Wildman–Crippen LogP) is 2.94. The first-order valence-electron chi connectivity index (χ1n) is 8.37. The smallest absolute Gasteiger partial charge is 0.221 e. The maximum Gasteiger partial charge on any atom is 0.221 e. The lowest BCUT2D eigenvalue weighted by Gasteiger charge is -2.16. The van der Waals surface area contributed by atoms with Crippen LogP contribution < -0.4 is 21.5 Å². The van der Waals surface area contributed by atoms with Gasteiger partial charge in [-0.25, -0.2) is 10.9 Å². The second kappa shape index (κ2) is 7.13. The molecule has 3 rings (SSSR count). The van der Waals surface area contributed by atoms with E-state index in [1.165, 1.54) is 6.92 Å². The summed E-state index contributed by atoms with van der Waals surface area (Å²) in [6.07, 6.45) is 0.960. The summed E-state index contributed by atoms with van der Waals surface area (Å²) in [4.78, 5) is 11.1. The Hall–Kier alpha value is -2.57. The number of carbonyl (C=O) groups excluding carboxylic acids is 1. The summed E-state index contributed by atoms with van der Waals surface area (Å²) < 4.78 is 0. The van der Waals surface area contributed by atoms with Gasteiger partial charge in [0.05, 0.1) is 6.17 Å². The first-order valence-corrected chi connectivity index (χ1v) is 8.37. The minimum absolute atomic E-state index is 0.0752. The Morgan fingerprint density at radius 1 is 1.12 bits per heavy atom. The van der Waals surface area contributed by atoms with E-state index >= 15 is 0 Å². The molecule has 2 aromatic rings. The summed E-state index contributed by atoms with van der Waals surface area (Å²) >= 11 is 0. The Morgan fingerprint density at radius 2 is 1.92 bits per heavy atom. The largest absolute Gasteiger partial charge is 0.508 e. The van der Waals surface area contributed by atoms with Gasteiger partial charge in [-0.3, -0.25) is 4.79 Å². The highest BCUT2D eigenvalue weighted by molar-refractivity contribution is 5.89. The molecule has 6 nitrogen and oxygen atoms in total. The van der Waals surface area contributed by atoms with Gasteiger partial charge in [0.1, 0.15) is 5.75 Å². The highest BCUT2D eigenvalue weighted by Crippen LogP contribution is 2.28. The monoisotopic (exact) mass is 340 g/mol. The number of benzene rings is 2. The van der Waals surface area contributed by atoms with Gasteiger partial charge in [0.15, 0.2) is 0 Å². The third-order valence-corrected chi connectivity index (χ3v) is 4.40. The number of hydrazine groups is 1. The van der Waals surface area contributed by atoms with E-state index in [4.69, 9.17) is 0 Å². The summed E-state index contributed by atoms with van der Waals surface area (Å²) in [5, 5.41) is 15.9. The van der Waals surface area contributed by atoms with Crippen molar-refractivity contribution in [3.63, 3.8) is 0 Å². The van der Waals surface area contributed by atoms with Crippen molar-refractivity contribution in [3.05, 3.63) is 53.1 Å². The average Bonchev–Trinajstić information content (AvgIpc) is 3.01. The molecule has 0 bridgehead atoms. The van der Waals surface area contributed by atoms with Crippen molar-refractivity contribution < 1.29 is 9.90 Å². The van der Waals surface area contributed by atoms with Gasteiger partial charge in [0, 0.05) is 30.8 Å². The zero-order chi connectivity index (χ0) is 18.0. The Bertz CT molecular complexity index is 791. The Balaban J connectivity index is 1.65. The molecule has 25 heavy (non-hydrogen) atoms. The van der Waals surface area contributed by atoms with Gasteiger partial charge >= 0.3 is 0 Å². The summed E-state index contributed by atoms with van der Waals surface area (Å²) in [7, 11) is 0. The van der Waals surface area contributed by atoms with E-state index in [1.54, 1.807) is 6.07 Å². The van der Waals surface area contributed by atoms with E-state index in [9.17, 15) is 9.90 Å². The maximum absolute atomic E-state index is 11.1. The molecule has 1 saturated heterocycles. The van der Waals surface area contributed by atoms with Gasteiger partial charge in [0.2, 0.25) is 5.91 Å². The number of nitrogens with one attached hydrogen (secondary N) is 4. The number of aryl methyl sites for hydroxylation is 2. The molecule has 5 N–H and O–H groups in total. The second-order valence-corrected chi connectivity index (χ2v) is 6.53. The number of phenolic OH excluding ortho intramolecular Hbond substituents is 1. The first kappa shape index (κ1) is 17.3. The standard InChI is InChI=1S/C19H24N4O2/c1-11-9-15(20-13(3)24)5-6-16(11)21-19-10-17(22-23-19)14-4-7-18(25)12(2)8-14/h4-9,17,19,21-23,25H,10H2,1-3H3,(H,20,24). The topological polar surface area (TPSA) is 85.4 Å². The molecule has 1 fully saturated rings.